The largest absolute Gasteiger partial charge is 0.342 e. The second-order valence-corrected chi connectivity index (χ2v) is 5.77. The Morgan fingerprint density at radius 2 is 2.32 bits per heavy atom. The molecular weight excluding hydrogens is 236 g/mol. The molecule has 3 nitrogen and oxygen atoms in total. The predicted octanol–water partition coefficient (Wildman–Crippen LogP) is 2.12. The van der Waals surface area contributed by atoms with Crippen molar-refractivity contribution in [3.8, 4) is 0 Å². The van der Waals surface area contributed by atoms with Crippen LogP contribution in [0.4, 0.5) is 0 Å². The maximum Gasteiger partial charge on any atom is 0.226 e. The molecule has 1 heterocycles. The topological polar surface area (TPSA) is 46.3 Å². The van der Waals surface area contributed by atoms with Gasteiger partial charge in [0, 0.05) is 19.1 Å². The van der Waals surface area contributed by atoms with E-state index >= 15 is 0 Å². The standard InChI is InChI=1S/C16H24N2O/c1-12-5-3-6-14(9-12)10-16(19)18-8-4-7-15(11-18)13(2)17/h3,5-6,9,13,15H,4,7-8,10-11,17H2,1-2H3/t13-,15+/m0/s1. The molecule has 2 rings (SSSR count). The number of hydrogen-bond acceptors (Lipinski definition) is 2. The van der Waals surface area contributed by atoms with Crippen molar-refractivity contribution in [1.82, 2.24) is 4.90 Å². The van der Waals surface area contributed by atoms with Gasteiger partial charge < -0.3 is 10.6 Å². The lowest BCUT2D eigenvalue weighted by Crippen LogP contribution is -2.45. The molecule has 0 spiro atoms. The molecule has 19 heavy (non-hydrogen) atoms. The Hall–Kier alpha value is -1.35. The Morgan fingerprint density at radius 1 is 1.53 bits per heavy atom. The summed E-state index contributed by atoms with van der Waals surface area (Å²) < 4.78 is 0. The molecule has 0 saturated carbocycles. The molecule has 1 aliphatic rings. The molecule has 0 aromatic heterocycles. The van der Waals surface area contributed by atoms with Crippen molar-refractivity contribution in [3.05, 3.63) is 35.4 Å². The van der Waals surface area contributed by atoms with E-state index in [4.69, 9.17) is 5.73 Å². The average molecular weight is 260 g/mol. The highest BCUT2D eigenvalue weighted by Gasteiger charge is 2.25. The number of benzene rings is 1. The number of rotatable bonds is 3. The third-order valence-electron chi connectivity index (χ3n) is 3.99. The molecule has 0 aliphatic carbocycles. The molecule has 1 fully saturated rings. The fourth-order valence-corrected chi connectivity index (χ4v) is 2.77. The summed E-state index contributed by atoms with van der Waals surface area (Å²) in [5.41, 5.74) is 8.27. The first-order valence-corrected chi connectivity index (χ1v) is 7.15. The number of nitrogens with two attached hydrogens (primary N) is 1. The average Bonchev–Trinajstić information content (AvgIpc) is 2.39. The number of piperidine rings is 1. The van der Waals surface area contributed by atoms with Gasteiger partial charge in [-0.3, -0.25) is 4.79 Å². The second-order valence-electron chi connectivity index (χ2n) is 5.77. The van der Waals surface area contributed by atoms with E-state index in [1.807, 2.05) is 24.0 Å². The van der Waals surface area contributed by atoms with Crippen LogP contribution in [0.25, 0.3) is 0 Å². The number of carbonyl (C=O) groups excluding carboxylic acids is 1. The van der Waals surface area contributed by atoms with E-state index in [2.05, 4.69) is 19.1 Å². The number of carbonyl (C=O) groups is 1. The number of likely N-dealkylation sites (tertiary alicyclic amines) is 1. The van der Waals surface area contributed by atoms with Crippen LogP contribution in [-0.4, -0.2) is 29.9 Å². The van der Waals surface area contributed by atoms with E-state index in [-0.39, 0.29) is 11.9 Å². The summed E-state index contributed by atoms with van der Waals surface area (Å²) in [7, 11) is 0. The molecule has 0 bridgehead atoms. The summed E-state index contributed by atoms with van der Waals surface area (Å²) in [6.07, 6.45) is 2.73. The van der Waals surface area contributed by atoms with Gasteiger partial charge in [-0.1, -0.05) is 29.8 Å². The van der Waals surface area contributed by atoms with Crippen LogP contribution >= 0.6 is 0 Å². The molecule has 2 N–H and O–H groups in total. The van der Waals surface area contributed by atoms with E-state index in [1.165, 1.54) is 5.56 Å². The number of hydrogen-bond donors (Lipinski definition) is 1. The summed E-state index contributed by atoms with van der Waals surface area (Å²) in [4.78, 5) is 14.3. The number of amides is 1. The lowest BCUT2D eigenvalue weighted by Gasteiger charge is -2.34. The highest BCUT2D eigenvalue weighted by molar-refractivity contribution is 5.78. The van der Waals surface area contributed by atoms with Crippen molar-refractivity contribution in [2.45, 2.75) is 39.2 Å². The van der Waals surface area contributed by atoms with Crippen molar-refractivity contribution >= 4 is 5.91 Å². The molecule has 0 unspecified atom stereocenters. The van der Waals surface area contributed by atoms with Crippen molar-refractivity contribution in [1.29, 1.82) is 0 Å². The minimum absolute atomic E-state index is 0.176. The summed E-state index contributed by atoms with van der Waals surface area (Å²) in [6, 6.07) is 8.36. The number of aryl methyl sites for hydroxylation is 1. The summed E-state index contributed by atoms with van der Waals surface area (Å²) in [5, 5.41) is 0. The Kier molecular flexibility index (Phi) is 4.59. The van der Waals surface area contributed by atoms with E-state index < -0.39 is 0 Å². The normalized spacial score (nSPS) is 21.2. The predicted molar refractivity (Wildman–Crippen MR) is 77.8 cm³/mol. The summed E-state index contributed by atoms with van der Waals surface area (Å²) in [6.45, 7) is 5.80. The second kappa shape index (κ2) is 6.20. The van der Waals surface area contributed by atoms with Crippen LogP contribution in [0.3, 0.4) is 0 Å². The smallest absolute Gasteiger partial charge is 0.226 e. The Balaban J connectivity index is 1.96. The van der Waals surface area contributed by atoms with Crippen molar-refractivity contribution in [2.75, 3.05) is 13.1 Å². The maximum absolute atomic E-state index is 12.3. The van der Waals surface area contributed by atoms with Gasteiger partial charge in [0.25, 0.3) is 0 Å². The first kappa shape index (κ1) is 14.1. The van der Waals surface area contributed by atoms with Gasteiger partial charge in [0.15, 0.2) is 0 Å². The highest BCUT2D eigenvalue weighted by Crippen LogP contribution is 2.19. The first-order chi connectivity index (χ1) is 9.06. The summed E-state index contributed by atoms with van der Waals surface area (Å²) in [5.74, 6) is 0.686. The van der Waals surface area contributed by atoms with Crippen molar-refractivity contribution in [2.24, 2.45) is 11.7 Å². The molecule has 1 aromatic rings. The lowest BCUT2D eigenvalue weighted by atomic mass is 9.92. The van der Waals surface area contributed by atoms with Crippen LogP contribution in [0.1, 0.15) is 30.9 Å². The first-order valence-electron chi connectivity index (χ1n) is 7.15. The van der Waals surface area contributed by atoms with Crippen LogP contribution in [0, 0.1) is 12.8 Å². The molecule has 104 valence electrons. The molecule has 1 amide bonds. The molecule has 1 aromatic carbocycles. The SMILES string of the molecule is Cc1cccc(CC(=O)N2CCC[C@@H]([C@H](C)N)C2)c1. The molecule has 1 aliphatic heterocycles. The zero-order valence-corrected chi connectivity index (χ0v) is 11.9. The molecule has 3 heteroatoms. The third-order valence-corrected chi connectivity index (χ3v) is 3.99. The highest BCUT2D eigenvalue weighted by atomic mass is 16.2. The Labute approximate surface area is 115 Å². The minimum atomic E-state index is 0.176. The fourth-order valence-electron chi connectivity index (χ4n) is 2.77. The molecule has 2 atom stereocenters. The van der Waals surface area contributed by atoms with E-state index in [0.717, 1.165) is 31.5 Å². The third kappa shape index (κ3) is 3.80. The van der Waals surface area contributed by atoms with Gasteiger partial charge in [-0.05, 0) is 38.2 Å². The molecule has 0 radical (unpaired) electrons. The van der Waals surface area contributed by atoms with Gasteiger partial charge in [0.05, 0.1) is 6.42 Å². The van der Waals surface area contributed by atoms with Gasteiger partial charge >= 0.3 is 0 Å². The maximum atomic E-state index is 12.3. The Morgan fingerprint density at radius 3 is 3.00 bits per heavy atom. The molecule has 1 saturated heterocycles. The van der Waals surface area contributed by atoms with Crippen LogP contribution < -0.4 is 5.73 Å². The lowest BCUT2D eigenvalue weighted by molar-refractivity contribution is -0.132. The quantitative estimate of drug-likeness (QED) is 0.905. The number of nitrogens with zero attached hydrogens (tertiary/aromatic N) is 1. The van der Waals surface area contributed by atoms with Crippen molar-refractivity contribution < 1.29 is 4.79 Å². The van der Waals surface area contributed by atoms with E-state index in [0.29, 0.717) is 12.3 Å². The van der Waals surface area contributed by atoms with Gasteiger partial charge in [-0.2, -0.15) is 0 Å². The van der Waals surface area contributed by atoms with Gasteiger partial charge in [0.1, 0.15) is 0 Å². The zero-order chi connectivity index (χ0) is 13.8. The van der Waals surface area contributed by atoms with Crippen LogP contribution in [0.5, 0.6) is 0 Å². The fraction of sp³-hybridized carbons (Fsp3) is 0.562. The van der Waals surface area contributed by atoms with Gasteiger partial charge in [0.2, 0.25) is 5.91 Å². The Bertz CT molecular complexity index is 442. The summed E-state index contributed by atoms with van der Waals surface area (Å²) >= 11 is 0. The van der Waals surface area contributed by atoms with E-state index in [9.17, 15) is 4.79 Å². The van der Waals surface area contributed by atoms with Crippen LogP contribution in [0.15, 0.2) is 24.3 Å². The van der Waals surface area contributed by atoms with Crippen molar-refractivity contribution in [3.63, 3.8) is 0 Å². The van der Waals surface area contributed by atoms with Gasteiger partial charge in [-0.25, -0.2) is 0 Å². The monoisotopic (exact) mass is 260 g/mol. The van der Waals surface area contributed by atoms with Gasteiger partial charge in [-0.15, -0.1) is 0 Å². The van der Waals surface area contributed by atoms with Crippen LogP contribution in [-0.2, 0) is 11.2 Å². The molecular formula is C16H24N2O. The zero-order valence-electron chi connectivity index (χ0n) is 11.9. The minimum Gasteiger partial charge on any atom is -0.342 e. The van der Waals surface area contributed by atoms with E-state index in [1.54, 1.807) is 0 Å². The van der Waals surface area contributed by atoms with Crippen LogP contribution in [0.2, 0.25) is 0 Å².